The first-order valence-corrected chi connectivity index (χ1v) is 3.58. The highest BCUT2D eigenvalue weighted by molar-refractivity contribution is 5.85. The van der Waals surface area contributed by atoms with Crippen LogP contribution in [0, 0.1) is 5.41 Å². The lowest BCUT2D eigenvalue weighted by Gasteiger charge is -2.40. The van der Waals surface area contributed by atoms with Crippen molar-refractivity contribution in [3.63, 3.8) is 0 Å². The molecule has 3 heteroatoms. The number of aliphatic hydroxyl groups is 1. The predicted octanol–water partition coefficient (Wildman–Crippen LogP) is 0.790. The Morgan fingerprint density at radius 3 is 2.20 bits per heavy atom. The van der Waals surface area contributed by atoms with E-state index in [-0.39, 0.29) is 17.8 Å². The van der Waals surface area contributed by atoms with Gasteiger partial charge in [-0.2, -0.15) is 0 Å². The Kier molecular flexibility index (Phi) is 4.25. The summed E-state index contributed by atoms with van der Waals surface area (Å²) in [6.45, 7) is 1.33. The maximum atomic E-state index is 8.93. The summed E-state index contributed by atoms with van der Waals surface area (Å²) < 4.78 is 0. The zero-order valence-corrected chi connectivity index (χ0v) is 7.21. The van der Waals surface area contributed by atoms with Gasteiger partial charge in [-0.3, -0.25) is 0 Å². The number of hydrogen-bond acceptors (Lipinski definition) is 2. The zero-order valence-electron chi connectivity index (χ0n) is 6.39. The molecule has 62 valence electrons. The van der Waals surface area contributed by atoms with Gasteiger partial charge in [-0.25, -0.2) is 0 Å². The molecule has 0 bridgehead atoms. The molecule has 0 atom stereocenters. The van der Waals surface area contributed by atoms with Gasteiger partial charge in [0.2, 0.25) is 0 Å². The molecule has 0 aromatic carbocycles. The average molecular weight is 166 g/mol. The highest BCUT2D eigenvalue weighted by Crippen LogP contribution is 2.39. The molecule has 1 aliphatic rings. The molecule has 0 spiro atoms. The van der Waals surface area contributed by atoms with Gasteiger partial charge in [-0.1, -0.05) is 6.42 Å². The van der Waals surface area contributed by atoms with Gasteiger partial charge < -0.3 is 10.4 Å². The van der Waals surface area contributed by atoms with E-state index in [2.05, 4.69) is 5.32 Å². The third-order valence-corrected chi connectivity index (χ3v) is 2.30. The number of hydrogen-bond donors (Lipinski definition) is 2. The molecule has 0 radical (unpaired) electrons. The Morgan fingerprint density at radius 2 is 2.10 bits per heavy atom. The van der Waals surface area contributed by atoms with Crippen LogP contribution >= 0.6 is 12.4 Å². The first kappa shape index (κ1) is 10.2. The molecule has 2 N–H and O–H groups in total. The van der Waals surface area contributed by atoms with Crippen LogP contribution in [0.2, 0.25) is 0 Å². The van der Waals surface area contributed by atoms with Crippen molar-refractivity contribution in [2.45, 2.75) is 19.3 Å². The van der Waals surface area contributed by atoms with Gasteiger partial charge in [-0.15, -0.1) is 12.4 Å². The van der Waals surface area contributed by atoms with E-state index in [0.29, 0.717) is 6.61 Å². The molecule has 0 heterocycles. The lowest BCUT2D eigenvalue weighted by atomic mass is 9.69. The van der Waals surface area contributed by atoms with Gasteiger partial charge >= 0.3 is 0 Å². The fourth-order valence-electron chi connectivity index (χ4n) is 1.44. The lowest BCUT2D eigenvalue weighted by Crippen LogP contribution is -2.41. The third kappa shape index (κ3) is 1.84. The van der Waals surface area contributed by atoms with Crippen LogP contribution in [0.4, 0.5) is 0 Å². The Balaban J connectivity index is 0.000000810. The van der Waals surface area contributed by atoms with Gasteiger partial charge in [0.1, 0.15) is 0 Å². The Bertz CT molecular complexity index is 88.1. The number of halogens is 1. The monoisotopic (exact) mass is 165 g/mol. The third-order valence-electron chi connectivity index (χ3n) is 2.30. The van der Waals surface area contributed by atoms with Crippen LogP contribution in [0.1, 0.15) is 19.3 Å². The molecule has 0 aliphatic heterocycles. The average Bonchev–Trinajstić information content (AvgIpc) is 1.79. The lowest BCUT2D eigenvalue weighted by molar-refractivity contribution is 0.0467. The Hall–Kier alpha value is 0.210. The first-order chi connectivity index (χ1) is 4.33. The highest BCUT2D eigenvalue weighted by Gasteiger charge is 2.35. The highest BCUT2D eigenvalue weighted by atomic mass is 35.5. The van der Waals surface area contributed by atoms with Crippen molar-refractivity contribution in [3.8, 4) is 0 Å². The van der Waals surface area contributed by atoms with E-state index in [1.165, 1.54) is 19.3 Å². The SMILES string of the molecule is CNCC1(CO)CCC1.Cl. The molecule has 0 aromatic rings. The fourth-order valence-corrected chi connectivity index (χ4v) is 1.44. The van der Waals surface area contributed by atoms with Crippen LogP contribution in [-0.4, -0.2) is 25.3 Å². The van der Waals surface area contributed by atoms with Gasteiger partial charge in [0.15, 0.2) is 0 Å². The van der Waals surface area contributed by atoms with Gasteiger partial charge in [0, 0.05) is 18.6 Å². The van der Waals surface area contributed by atoms with Crippen molar-refractivity contribution < 1.29 is 5.11 Å². The van der Waals surface area contributed by atoms with E-state index in [0.717, 1.165) is 6.54 Å². The molecule has 1 rings (SSSR count). The van der Waals surface area contributed by atoms with Crippen molar-refractivity contribution in [2.24, 2.45) is 5.41 Å². The molecule has 0 saturated heterocycles. The topological polar surface area (TPSA) is 32.3 Å². The second-order valence-electron chi connectivity index (χ2n) is 3.04. The minimum absolute atomic E-state index is 0. The second kappa shape index (κ2) is 4.16. The molecule has 0 amide bonds. The number of aliphatic hydroxyl groups excluding tert-OH is 1. The van der Waals surface area contributed by atoms with Crippen LogP contribution in [-0.2, 0) is 0 Å². The Labute approximate surface area is 68.4 Å². The number of nitrogens with one attached hydrogen (secondary N) is 1. The van der Waals surface area contributed by atoms with E-state index >= 15 is 0 Å². The molecule has 0 unspecified atom stereocenters. The van der Waals surface area contributed by atoms with E-state index in [4.69, 9.17) is 5.11 Å². The fraction of sp³-hybridized carbons (Fsp3) is 1.00. The van der Waals surface area contributed by atoms with Crippen LogP contribution in [0.25, 0.3) is 0 Å². The van der Waals surface area contributed by atoms with Crippen LogP contribution < -0.4 is 5.32 Å². The summed E-state index contributed by atoms with van der Waals surface area (Å²) in [5.74, 6) is 0. The minimum atomic E-state index is 0. The first-order valence-electron chi connectivity index (χ1n) is 3.58. The summed E-state index contributed by atoms with van der Waals surface area (Å²) in [4.78, 5) is 0. The number of rotatable bonds is 3. The normalized spacial score (nSPS) is 21.0. The Morgan fingerprint density at radius 1 is 1.50 bits per heavy atom. The summed E-state index contributed by atoms with van der Waals surface area (Å²) in [5.41, 5.74) is 0.259. The van der Waals surface area contributed by atoms with Gasteiger partial charge in [-0.05, 0) is 19.9 Å². The van der Waals surface area contributed by atoms with Crippen molar-refractivity contribution in [3.05, 3.63) is 0 Å². The molecule has 0 aromatic heterocycles. The van der Waals surface area contributed by atoms with Crippen LogP contribution in [0.3, 0.4) is 0 Å². The second-order valence-corrected chi connectivity index (χ2v) is 3.04. The van der Waals surface area contributed by atoms with Crippen molar-refractivity contribution >= 4 is 12.4 Å². The van der Waals surface area contributed by atoms with Crippen molar-refractivity contribution in [1.82, 2.24) is 5.32 Å². The molecule has 1 fully saturated rings. The molecular formula is C7H16ClNO. The summed E-state index contributed by atoms with van der Waals surface area (Å²) >= 11 is 0. The van der Waals surface area contributed by atoms with E-state index < -0.39 is 0 Å². The largest absolute Gasteiger partial charge is 0.396 e. The summed E-state index contributed by atoms with van der Waals surface area (Å²) in [6, 6.07) is 0. The minimum Gasteiger partial charge on any atom is -0.396 e. The van der Waals surface area contributed by atoms with E-state index in [1.807, 2.05) is 7.05 Å². The summed E-state index contributed by atoms with van der Waals surface area (Å²) in [6.07, 6.45) is 3.69. The molecular weight excluding hydrogens is 150 g/mol. The zero-order chi connectivity index (χ0) is 6.74. The van der Waals surface area contributed by atoms with E-state index in [9.17, 15) is 0 Å². The molecule has 2 nitrogen and oxygen atoms in total. The van der Waals surface area contributed by atoms with Crippen molar-refractivity contribution in [2.75, 3.05) is 20.2 Å². The predicted molar refractivity (Wildman–Crippen MR) is 44.5 cm³/mol. The molecule has 1 aliphatic carbocycles. The standard InChI is InChI=1S/C7H15NO.ClH/c1-8-5-7(6-9)3-2-4-7;/h8-9H,2-6H2,1H3;1H. The quantitative estimate of drug-likeness (QED) is 0.648. The van der Waals surface area contributed by atoms with Gasteiger partial charge in [0.05, 0.1) is 0 Å². The van der Waals surface area contributed by atoms with Gasteiger partial charge in [0.25, 0.3) is 0 Å². The molecule has 10 heavy (non-hydrogen) atoms. The maximum Gasteiger partial charge on any atom is 0.0499 e. The van der Waals surface area contributed by atoms with Crippen LogP contribution in [0.5, 0.6) is 0 Å². The maximum absolute atomic E-state index is 8.93. The van der Waals surface area contributed by atoms with Crippen molar-refractivity contribution in [1.29, 1.82) is 0 Å². The summed E-state index contributed by atoms with van der Waals surface area (Å²) in [7, 11) is 1.94. The smallest absolute Gasteiger partial charge is 0.0499 e. The molecule has 1 saturated carbocycles. The van der Waals surface area contributed by atoms with Crippen LogP contribution in [0.15, 0.2) is 0 Å². The summed E-state index contributed by atoms with van der Waals surface area (Å²) in [5, 5.41) is 12.0. The van der Waals surface area contributed by atoms with E-state index in [1.54, 1.807) is 0 Å².